The highest BCUT2D eigenvalue weighted by Gasteiger charge is 2.33. The second kappa shape index (κ2) is 12.6. The highest BCUT2D eigenvalue weighted by molar-refractivity contribution is 5.97. The molecule has 2 aliphatic heterocycles. The number of carbonyl (C=O) groups is 1. The SMILES string of the molecule is C=CC(=O)N1CCN(c2nc(OCC(C)C3CCCC3)nc3c2CCN(c2cccc4cccc(C)c24)C3)C[C@@H]1CC#N. The highest BCUT2D eigenvalue weighted by Crippen LogP contribution is 2.36. The first-order valence-corrected chi connectivity index (χ1v) is 15.8. The van der Waals surface area contributed by atoms with Crippen LogP contribution in [-0.2, 0) is 17.8 Å². The van der Waals surface area contributed by atoms with Crippen LogP contribution in [0, 0.1) is 30.1 Å². The Morgan fingerprint density at radius 3 is 2.70 bits per heavy atom. The number of benzene rings is 2. The number of fused-ring (bicyclic) bond motifs is 2. The van der Waals surface area contributed by atoms with Gasteiger partial charge in [0.05, 0.1) is 37.4 Å². The van der Waals surface area contributed by atoms with Crippen LogP contribution in [-0.4, -0.2) is 59.6 Å². The largest absolute Gasteiger partial charge is 0.463 e. The van der Waals surface area contributed by atoms with Crippen molar-refractivity contribution in [2.24, 2.45) is 11.8 Å². The van der Waals surface area contributed by atoms with Crippen molar-refractivity contribution in [1.29, 1.82) is 5.26 Å². The molecule has 1 aliphatic carbocycles. The third kappa shape index (κ3) is 5.90. The molecule has 2 atom stereocenters. The Hall–Kier alpha value is -4.12. The minimum Gasteiger partial charge on any atom is -0.463 e. The monoisotopic (exact) mass is 578 g/mol. The zero-order chi connectivity index (χ0) is 29.9. The Balaban J connectivity index is 1.33. The van der Waals surface area contributed by atoms with Gasteiger partial charge in [-0.05, 0) is 48.3 Å². The molecule has 3 aromatic rings. The molecular weight excluding hydrogens is 536 g/mol. The Morgan fingerprint density at radius 1 is 1.14 bits per heavy atom. The summed E-state index contributed by atoms with van der Waals surface area (Å²) in [5.41, 5.74) is 4.63. The van der Waals surface area contributed by atoms with Crippen molar-refractivity contribution in [2.75, 3.05) is 42.6 Å². The average molecular weight is 579 g/mol. The highest BCUT2D eigenvalue weighted by atomic mass is 16.5. The van der Waals surface area contributed by atoms with Gasteiger partial charge in [0.15, 0.2) is 0 Å². The molecule has 2 aromatic carbocycles. The summed E-state index contributed by atoms with van der Waals surface area (Å²) in [4.78, 5) is 29.0. The van der Waals surface area contributed by atoms with Gasteiger partial charge in [0.1, 0.15) is 5.82 Å². The van der Waals surface area contributed by atoms with E-state index in [1.165, 1.54) is 53.8 Å². The number of aryl methyl sites for hydroxylation is 1. The van der Waals surface area contributed by atoms with Gasteiger partial charge in [0.2, 0.25) is 5.91 Å². The molecule has 6 rings (SSSR count). The molecule has 8 nitrogen and oxygen atoms in total. The molecular formula is C35H42N6O2. The lowest BCUT2D eigenvalue weighted by atomic mass is 9.93. The fourth-order valence-corrected chi connectivity index (χ4v) is 7.29. The van der Waals surface area contributed by atoms with Gasteiger partial charge in [-0.25, -0.2) is 0 Å². The first-order valence-electron chi connectivity index (χ1n) is 15.8. The van der Waals surface area contributed by atoms with Crippen molar-refractivity contribution in [3.8, 4) is 12.1 Å². The summed E-state index contributed by atoms with van der Waals surface area (Å²) in [6, 6.07) is 15.5. The number of aromatic nitrogens is 2. The van der Waals surface area contributed by atoms with Crippen LogP contribution in [0.2, 0.25) is 0 Å². The standard InChI is InChI=1S/C35H42N6O2/c1-4-32(42)41-20-19-40(21-28(41)15-17-36)34-29-16-18-39(31-14-8-13-27-12-7-9-24(2)33(27)31)22-30(29)37-35(38-34)43-23-25(3)26-10-5-6-11-26/h4,7-9,12-14,25-26,28H,1,5-6,10-11,15-16,18-23H2,2-3H3/t25?,28-/m0/s1. The van der Waals surface area contributed by atoms with Crippen molar-refractivity contribution in [3.63, 3.8) is 0 Å². The number of hydrogen-bond donors (Lipinski definition) is 0. The van der Waals surface area contributed by atoms with Crippen molar-refractivity contribution in [1.82, 2.24) is 14.9 Å². The lowest BCUT2D eigenvalue weighted by Crippen LogP contribution is -2.55. The topological polar surface area (TPSA) is 85.6 Å². The normalized spacial score (nSPS) is 19.7. The van der Waals surface area contributed by atoms with Gasteiger partial charge in [0.25, 0.3) is 0 Å². The van der Waals surface area contributed by atoms with E-state index in [2.05, 4.69) is 72.7 Å². The Bertz CT molecular complexity index is 1540. The number of rotatable bonds is 8. The number of carbonyl (C=O) groups excluding carboxylic acids is 1. The zero-order valence-electron chi connectivity index (χ0n) is 25.5. The van der Waals surface area contributed by atoms with Crippen LogP contribution in [0.1, 0.15) is 55.8 Å². The lowest BCUT2D eigenvalue weighted by molar-refractivity contribution is -0.128. The molecule has 0 N–H and O–H groups in total. The van der Waals surface area contributed by atoms with E-state index in [4.69, 9.17) is 14.7 Å². The lowest BCUT2D eigenvalue weighted by Gasteiger charge is -2.42. The summed E-state index contributed by atoms with van der Waals surface area (Å²) >= 11 is 0. The maximum absolute atomic E-state index is 12.6. The van der Waals surface area contributed by atoms with Crippen LogP contribution in [0.5, 0.6) is 6.01 Å². The van der Waals surface area contributed by atoms with Gasteiger partial charge in [-0.15, -0.1) is 0 Å². The van der Waals surface area contributed by atoms with E-state index in [1.807, 2.05) is 0 Å². The zero-order valence-corrected chi connectivity index (χ0v) is 25.5. The Kier molecular flexibility index (Phi) is 8.51. The van der Waals surface area contributed by atoms with Crippen molar-refractivity contribution in [2.45, 2.75) is 65.0 Å². The fraction of sp³-hybridized carbons (Fsp3) is 0.486. The molecule has 0 spiro atoms. The predicted molar refractivity (Wildman–Crippen MR) is 170 cm³/mol. The van der Waals surface area contributed by atoms with E-state index in [9.17, 15) is 10.1 Å². The number of piperazine rings is 1. The predicted octanol–water partition coefficient (Wildman–Crippen LogP) is 5.82. The number of hydrogen-bond acceptors (Lipinski definition) is 7. The first kappa shape index (κ1) is 29.0. The number of amides is 1. The van der Waals surface area contributed by atoms with E-state index in [1.54, 1.807) is 4.90 Å². The van der Waals surface area contributed by atoms with Crippen LogP contribution in [0.4, 0.5) is 11.5 Å². The molecule has 0 bridgehead atoms. The quantitative estimate of drug-likeness (QED) is 0.311. The third-order valence-corrected chi connectivity index (χ3v) is 9.70. The minimum absolute atomic E-state index is 0.129. The van der Waals surface area contributed by atoms with E-state index < -0.39 is 0 Å². The second-order valence-corrected chi connectivity index (χ2v) is 12.4. The van der Waals surface area contributed by atoms with Crippen molar-refractivity contribution < 1.29 is 9.53 Å². The molecule has 0 radical (unpaired) electrons. The molecule has 3 heterocycles. The van der Waals surface area contributed by atoms with Crippen LogP contribution in [0.25, 0.3) is 10.8 Å². The Morgan fingerprint density at radius 2 is 1.93 bits per heavy atom. The van der Waals surface area contributed by atoms with Gasteiger partial charge in [-0.2, -0.15) is 15.2 Å². The average Bonchev–Trinajstić information content (AvgIpc) is 3.58. The summed E-state index contributed by atoms with van der Waals surface area (Å²) in [6.07, 6.45) is 7.57. The maximum atomic E-state index is 12.6. The van der Waals surface area contributed by atoms with Crippen LogP contribution in [0.15, 0.2) is 49.1 Å². The molecule has 43 heavy (non-hydrogen) atoms. The minimum atomic E-state index is -0.222. The maximum Gasteiger partial charge on any atom is 0.318 e. The number of nitriles is 1. The van der Waals surface area contributed by atoms with E-state index in [0.29, 0.717) is 50.6 Å². The summed E-state index contributed by atoms with van der Waals surface area (Å²) in [5, 5.41) is 12.1. The number of anilines is 2. The smallest absolute Gasteiger partial charge is 0.318 e. The third-order valence-electron chi connectivity index (χ3n) is 9.70. The molecule has 1 unspecified atom stereocenters. The van der Waals surface area contributed by atoms with Crippen molar-refractivity contribution in [3.05, 3.63) is 65.9 Å². The molecule has 1 saturated carbocycles. The van der Waals surface area contributed by atoms with Gasteiger partial charge in [-0.1, -0.05) is 69.5 Å². The molecule has 8 heteroatoms. The van der Waals surface area contributed by atoms with Gasteiger partial charge in [-0.3, -0.25) is 4.79 Å². The van der Waals surface area contributed by atoms with Crippen LogP contribution >= 0.6 is 0 Å². The summed E-state index contributed by atoms with van der Waals surface area (Å²) in [7, 11) is 0. The molecule has 1 saturated heterocycles. The summed E-state index contributed by atoms with van der Waals surface area (Å²) < 4.78 is 6.36. The number of nitrogens with zero attached hydrogens (tertiary/aromatic N) is 6. The summed E-state index contributed by atoms with van der Waals surface area (Å²) in [6.45, 7) is 11.9. The van der Waals surface area contributed by atoms with E-state index >= 15 is 0 Å². The van der Waals surface area contributed by atoms with Crippen molar-refractivity contribution >= 4 is 28.2 Å². The van der Waals surface area contributed by atoms with Crippen LogP contribution < -0.4 is 14.5 Å². The van der Waals surface area contributed by atoms with Gasteiger partial charge >= 0.3 is 6.01 Å². The van der Waals surface area contributed by atoms with E-state index in [-0.39, 0.29) is 18.4 Å². The molecule has 1 aromatic heterocycles. The number of ether oxygens (including phenoxy) is 1. The van der Waals surface area contributed by atoms with Gasteiger partial charge in [0, 0.05) is 42.8 Å². The molecule has 2 fully saturated rings. The molecule has 224 valence electrons. The van der Waals surface area contributed by atoms with Gasteiger partial charge < -0.3 is 19.4 Å². The first-order chi connectivity index (χ1) is 21.0. The summed E-state index contributed by atoms with van der Waals surface area (Å²) in [5.74, 6) is 1.91. The molecule has 1 amide bonds. The second-order valence-electron chi connectivity index (χ2n) is 12.4. The van der Waals surface area contributed by atoms with E-state index in [0.717, 1.165) is 30.0 Å². The van der Waals surface area contributed by atoms with Crippen LogP contribution in [0.3, 0.4) is 0 Å². The Labute approximate surface area is 255 Å². The fourth-order valence-electron chi connectivity index (χ4n) is 7.29. The molecule has 3 aliphatic rings.